The second-order valence-electron chi connectivity index (χ2n) is 6.04. The van der Waals surface area contributed by atoms with Crippen LogP contribution in [0.3, 0.4) is 0 Å². The number of phenols is 1. The molecule has 2 aliphatic carbocycles. The molecule has 0 amide bonds. The number of hydrogen-bond donors (Lipinski definition) is 1. The number of phenolic OH excluding ortho intramolecular Hbond substituents is 1. The second-order valence-corrected chi connectivity index (χ2v) is 6.04. The largest absolute Gasteiger partial charge is 0.507 e. The molecule has 0 saturated heterocycles. The maximum absolute atomic E-state index is 9.94. The summed E-state index contributed by atoms with van der Waals surface area (Å²) in [5, 5.41) is 9.94. The average Bonchev–Trinajstić information content (AvgIpc) is 2.75. The van der Waals surface area contributed by atoms with Crippen LogP contribution in [0.2, 0.25) is 0 Å². The number of nitrogens with zero attached hydrogens (tertiary/aromatic N) is 1. The molecule has 0 heterocycles. The third-order valence-corrected chi connectivity index (χ3v) is 4.78. The van der Waals surface area contributed by atoms with E-state index in [1.807, 2.05) is 31.3 Å². The lowest BCUT2D eigenvalue weighted by Crippen LogP contribution is -2.26. The standard InChI is InChI=1S/C16H21NO/c1-12-4-2-5-13(15(12)18)11-17-14-6-9-16(10-14)7-3-8-16/h2,4-5,11,14,18H,3,6-10H2,1H3. The molecule has 1 unspecified atom stereocenters. The molecular weight excluding hydrogens is 222 g/mol. The van der Waals surface area contributed by atoms with Gasteiger partial charge in [0.15, 0.2) is 0 Å². The minimum absolute atomic E-state index is 0.373. The number of rotatable bonds is 2. The summed E-state index contributed by atoms with van der Waals surface area (Å²) >= 11 is 0. The first kappa shape index (κ1) is 11.8. The molecule has 96 valence electrons. The van der Waals surface area contributed by atoms with Crippen molar-refractivity contribution in [2.75, 3.05) is 0 Å². The van der Waals surface area contributed by atoms with E-state index < -0.39 is 0 Å². The Morgan fingerprint density at radius 1 is 1.33 bits per heavy atom. The van der Waals surface area contributed by atoms with Gasteiger partial charge in [-0.25, -0.2) is 0 Å². The van der Waals surface area contributed by atoms with Crippen molar-refractivity contribution in [3.05, 3.63) is 29.3 Å². The maximum atomic E-state index is 9.94. The summed E-state index contributed by atoms with van der Waals surface area (Å²) in [6, 6.07) is 6.30. The number of aryl methyl sites for hydroxylation is 1. The molecule has 0 aliphatic heterocycles. The number of aromatic hydroxyl groups is 1. The van der Waals surface area contributed by atoms with Crippen LogP contribution in [0.4, 0.5) is 0 Å². The lowest BCUT2D eigenvalue weighted by Gasteiger charge is -2.38. The van der Waals surface area contributed by atoms with Crippen molar-refractivity contribution in [1.82, 2.24) is 0 Å². The maximum Gasteiger partial charge on any atom is 0.127 e. The zero-order valence-electron chi connectivity index (χ0n) is 11.0. The molecule has 0 aromatic heterocycles. The first-order chi connectivity index (χ1) is 8.69. The van der Waals surface area contributed by atoms with E-state index in [2.05, 4.69) is 4.99 Å². The highest BCUT2D eigenvalue weighted by Gasteiger charge is 2.43. The molecule has 2 fully saturated rings. The first-order valence-corrected chi connectivity index (χ1v) is 7.00. The average molecular weight is 243 g/mol. The highest BCUT2D eigenvalue weighted by atomic mass is 16.3. The molecule has 1 N–H and O–H groups in total. The normalized spacial score (nSPS) is 25.7. The van der Waals surface area contributed by atoms with E-state index >= 15 is 0 Å². The summed E-state index contributed by atoms with van der Waals surface area (Å²) in [5.41, 5.74) is 2.42. The predicted molar refractivity (Wildman–Crippen MR) is 74.4 cm³/mol. The molecular formula is C16H21NO. The number of aliphatic imine (C=N–C) groups is 1. The van der Waals surface area contributed by atoms with Crippen molar-refractivity contribution in [3.63, 3.8) is 0 Å². The van der Waals surface area contributed by atoms with Gasteiger partial charge in [0.1, 0.15) is 5.75 Å². The molecule has 1 aromatic rings. The van der Waals surface area contributed by atoms with Gasteiger partial charge in [-0.15, -0.1) is 0 Å². The highest BCUT2D eigenvalue weighted by Crippen LogP contribution is 2.53. The summed E-state index contributed by atoms with van der Waals surface area (Å²) in [4.78, 5) is 4.69. The summed E-state index contributed by atoms with van der Waals surface area (Å²) in [6.45, 7) is 1.92. The quantitative estimate of drug-likeness (QED) is 0.786. The minimum atomic E-state index is 0.373. The van der Waals surface area contributed by atoms with Crippen molar-refractivity contribution in [2.24, 2.45) is 10.4 Å². The van der Waals surface area contributed by atoms with Gasteiger partial charge in [-0.05, 0) is 56.1 Å². The van der Waals surface area contributed by atoms with Gasteiger partial charge in [-0.1, -0.05) is 18.6 Å². The molecule has 2 heteroatoms. The van der Waals surface area contributed by atoms with E-state index in [1.54, 1.807) is 0 Å². The predicted octanol–water partition coefficient (Wildman–Crippen LogP) is 3.84. The molecule has 2 saturated carbocycles. The van der Waals surface area contributed by atoms with Crippen molar-refractivity contribution >= 4 is 6.21 Å². The van der Waals surface area contributed by atoms with Crippen LogP contribution in [0.5, 0.6) is 5.75 Å². The molecule has 2 nitrogen and oxygen atoms in total. The van der Waals surface area contributed by atoms with Gasteiger partial charge in [0.25, 0.3) is 0 Å². The SMILES string of the molecule is Cc1cccc(C=NC2CCC3(CCC3)C2)c1O. The molecule has 0 radical (unpaired) electrons. The van der Waals surface area contributed by atoms with Crippen LogP contribution < -0.4 is 0 Å². The van der Waals surface area contributed by atoms with Gasteiger partial charge in [0.05, 0.1) is 6.04 Å². The van der Waals surface area contributed by atoms with E-state index in [1.165, 1.54) is 38.5 Å². The van der Waals surface area contributed by atoms with Crippen molar-refractivity contribution in [1.29, 1.82) is 0 Å². The third-order valence-electron chi connectivity index (χ3n) is 4.78. The molecule has 2 aliphatic rings. The van der Waals surface area contributed by atoms with Crippen LogP contribution >= 0.6 is 0 Å². The van der Waals surface area contributed by atoms with Crippen LogP contribution in [-0.4, -0.2) is 17.4 Å². The zero-order valence-corrected chi connectivity index (χ0v) is 11.0. The monoisotopic (exact) mass is 243 g/mol. The topological polar surface area (TPSA) is 32.6 Å². The number of para-hydroxylation sites is 1. The smallest absolute Gasteiger partial charge is 0.127 e. The molecule has 3 rings (SSSR count). The van der Waals surface area contributed by atoms with Gasteiger partial charge < -0.3 is 5.11 Å². The van der Waals surface area contributed by atoms with Crippen LogP contribution in [0.15, 0.2) is 23.2 Å². The van der Waals surface area contributed by atoms with E-state index in [4.69, 9.17) is 0 Å². The molecule has 18 heavy (non-hydrogen) atoms. The fourth-order valence-corrected chi connectivity index (χ4v) is 3.41. The highest BCUT2D eigenvalue weighted by molar-refractivity contribution is 5.84. The van der Waals surface area contributed by atoms with Gasteiger partial charge in [0.2, 0.25) is 0 Å². The fourth-order valence-electron chi connectivity index (χ4n) is 3.41. The van der Waals surface area contributed by atoms with Gasteiger partial charge in [0, 0.05) is 11.8 Å². The molecule has 1 aromatic carbocycles. The summed E-state index contributed by atoms with van der Waals surface area (Å²) in [7, 11) is 0. The number of benzene rings is 1. The lowest BCUT2D eigenvalue weighted by molar-refractivity contribution is 0.142. The molecule has 1 spiro atoms. The Morgan fingerprint density at radius 2 is 2.17 bits per heavy atom. The minimum Gasteiger partial charge on any atom is -0.507 e. The van der Waals surface area contributed by atoms with Crippen molar-refractivity contribution < 1.29 is 5.11 Å². The van der Waals surface area contributed by atoms with Gasteiger partial charge in [-0.3, -0.25) is 4.99 Å². The van der Waals surface area contributed by atoms with E-state index in [0.29, 0.717) is 17.2 Å². The Hall–Kier alpha value is -1.31. The van der Waals surface area contributed by atoms with Crippen LogP contribution in [0.1, 0.15) is 49.7 Å². The summed E-state index contributed by atoms with van der Waals surface area (Å²) in [5.74, 6) is 0.373. The fraction of sp³-hybridized carbons (Fsp3) is 0.562. The van der Waals surface area contributed by atoms with E-state index in [9.17, 15) is 5.11 Å². The van der Waals surface area contributed by atoms with Crippen LogP contribution in [-0.2, 0) is 0 Å². The van der Waals surface area contributed by atoms with Crippen molar-refractivity contribution in [2.45, 2.75) is 51.5 Å². The Bertz CT molecular complexity index is 474. The van der Waals surface area contributed by atoms with E-state index in [-0.39, 0.29) is 0 Å². The van der Waals surface area contributed by atoms with Gasteiger partial charge in [-0.2, -0.15) is 0 Å². The van der Waals surface area contributed by atoms with Gasteiger partial charge >= 0.3 is 0 Å². The second kappa shape index (κ2) is 4.42. The Balaban J connectivity index is 1.69. The Labute approximate surface area is 109 Å². The summed E-state index contributed by atoms with van der Waals surface area (Å²) in [6.07, 6.45) is 9.94. The number of hydrogen-bond acceptors (Lipinski definition) is 2. The third kappa shape index (κ3) is 2.05. The zero-order chi connectivity index (χ0) is 12.6. The Morgan fingerprint density at radius 3 is 2.83 bits per heavy atom. The van der Waals surface area contributed by atoms with E-state index in [0.717, 1.165) is 11.1 Å². The van der Waals surface area contributed by atoms with Crippen molar-refractivity contribution in [3.8, 4) is 5.75 Å². The Kier molecular flexibility index (Phi) is 2.89. The lowest BCUT2D eigenvalue weighted by atomic mass is 9.67. The molecule has 1 atom stereocenters. The van der Waals surface area contributed by atoms with Crippen LogP contribution in [0.25, 0.3) is 0 Å². The van der Waals surface area contributed by atoms with Crippen LogP contribution in [0, 0.1) is 12.3 Å². The summed E-state index contributed by atoms with van der Waals surface area (Å²) < 4.78 is 0. The molecule has 0 bridgehead atoms. The first-order valence-electron chi connectivity index (χ1n) is 7.00.